The van der Waals surface area contributed by atoms with Gasteiger partial charge in [-0.1, -0.05) is 12.1 Å². The minimum atomic E-state index is -0.996. The molecular formula is C21H20N2O7. The van der Waals surface area contributed by atoms with E-state index in [4.69, 9.17) is 14.2 Å². The number of benzene rings is 2. The Morgan fingerprint density at radius 2 is 1.70 bits per heavy atom. The quantitative estimate of drug-likeness (QED) is 0.551. The first-order valence-electron chi connectivity index (χ1n) is 9.11. The number of ketones is 1. The standard InChI is InChI=1S/C21H20N2O7/c1-12(24)22-14-7-8-15(16(9-14)23-13(2)25)17(26)10-29-21(27)20-11-28-18-5-3-4-6-19(18)30-20/h3-9,20H,10-11H2,1-2H3,(H,22,24)(H,23,25)/t20-/m1/s1. The van der Waals surface area contributed by atoms with Crippen molar-refractivity contribution in [3.05, 3.63) is 48.0 Å². The van der Waals surface area contributed by atoms with Gasteiger partial charge in [-0.25, -0.2) is 4.79 Å². The highest BCUT2D eigenvalue weighted by molar-refractivity contribution is 6.06. The lowest BCUT2D eigenvalue weighted by Crippen LogP contribution is -2.38. The van der Waals surface area contributed by atoms with Crippen molar-refractivity contribution in [3.63, 3.8) is 0 Å². The zero-order chi connectivity index (χ0) is 21.7. The Morgan fingerprint density at radius 1 is 1.00 bits per heavy atom. The van der Waals surface area contributed by atoms with Crippen LogP contribution in [0.4, 0.5) is 11.4 Å². The molecule has 1 atom stereocenters. The number of anilines is 2. The molecule has 9 nitrogen and oxygen atoms in total. The SMILES string of the molecule is CC(=O)Nc1ccc(C(=O)COC(=O)[C@H]2COc3ccccc3O2)c(NC(C)=O)c1. The largest absolute Gasteiger partial charge is 0.485 e. The summed E-state index contributed by atoms with van der Waals surface area (Å²) in [6.45, 7) is 2.04. The van der Waals surface area contributed by atoms with Gasteiger partial charge in [0.05, 0.1) is 5.69 Å². The number of amides is 2. The predicted molar refractivity (Wildman–Crippen MR) is 107 cm³/mol. The number of rotatable bonds is 6. The molecule has 156 valence electrons. The van der Waals surface area contributed by atoms with Crippen molar-refractivity contribution in [1.29, 1.82) is 0 Å². The lowest BCUT2D eigenvalue weighted by molar-refractivity contribution is -0.153. The van der Waals surface area contributed by atoms with Crippen LogP contribution >= 0.6 is 0 Å². The third-order valence-electron chi connectivity index (χ3n) is 4.07. The Hall–Kier alpha value is -3.88. The van der Waals surface area contributed by atoms with E-state index in [0.29, 0.717) is 17.2 Å². The first-order valence-corrected chi connectivity index (χ1v) is 9.11. The summed E-state index contributed by atoms with van der Waals surface area (Å²) in [5, 5.41) is 5.10. The number of Topliss-reactive ketones (excluding diaryl/α,β-unsaturated/α-hetero) is 1. The first-order chi connectivity index (χ1) is 14.3. The molecule has 2 aromatic rings. The summed E-state index contributed by atoms with van der Waals surface area (Å²) in [7, 11) is 0. The highest BCUT2D eigenvalue weighted by Crippen LogP contribution is 2.31. The third kappa shape index (κ3) is 5.13. The molecule has 2 aromatic carbocycles. The number of ether oxygens (including phenoxy) is 3. The summed E-state index contributed by atoms with van der Waals surface area (Å²) < 4.78 is 16.1. The van der Waals surface area contributed by atoms with E-state index in [9.17, 15) is 19.2 Å². The molecule has 0 radical (unpaired) electrons. The van der Waals surface area contributed by atoms with Gasteiger partial charge < -0.3 is 24.8 Å². The van der Waals surface area contributed by atoms with Gasteiger partial charge in [0.25, 0.3) is 0 Å². The van der Waals surface area contributed by atoms with Gasteiger partial charge in [-0.15, -0.1) is 0 Å². The summed E-state index contributed by atoms with van der Waals surface area (Å²) in [6.07, 6.45) is -0.996. The van der Waals surface area contributed by atoms with Crippen LogP contribution in [-0.2, 0) is 19.1 Å². The van der Waals surface area contributed by atoms with Crippen molar-refractivity contribution in [3.8, 4) is 11.5 Å². The summed E-state index contributed by atoms with van der Waals surface area (Å²) in [4.78, 5) is 47.6. The molecule has 3 rings (SSSR count). The highest BCUT2D eigenvalue weighted by Gasteiger charge is 2.29. The van der Waals surface area contributed by atoms with Crippen LogP contribution in [0.5, 0.6) is 11.5 Å². The number of hydrogen-bond acceptors (Lipinski definition) is 7. The van der Waals surface area contributed by atoms with Crippen LogP contribution in [0.25, 0.3) is 0 Å². The van der Waals surface area contributed by atoms with Crippen LogP contribution in [-0.4, -0.2) is 42.9 Å². The van der Waals surface area contributed by atoms with Crippen LogP contribution in [0.3, 0.4) is 0 Å². The molecular weight excluding hydrogens is 392 g/mol. The number of para-hydroxylation sites is 2. The van der Waals surface area contributed by atoms with Gasteiger partial charge in [-0.3, -0.25) is 14.4 Å². The fourth-order valence-electron chi connectivity index (χ4n) is 2.80. The van der Waals surface area contributed by atoms with E-state index >= 15 is 0 Å². The average Bonchev–Trinajstić information content (AvgIpc) is 2.70. The van der Waals surface area contributed by atoms with Crippen LogP contribution in [0.2, 0.25) is 0 Å². The minimum Gasteiger partial charge on any atom is -0.485 e. The molecule has 1 aliphatic rings. The monoisotopic (exact) mass is 412 g/mol. The zero-order valence-corrected chi connectivity index (χ0v) is 16.4. The maximum Gasteiger partial charge on any atom is 0.351 e. The molecule has 0 bridgehead atoms. The van der Waals surface area contributed by atoms with E-state index < -0.39 is 30.4 Å². The maximum absolute atomic E-state index is 12.6. The second kappa shape index (κ2) is 9.08. The molecule has 9 heteroatoms. The Morgan fingerprint density at radius 3 is 2.40 bits per heavy atom. The number of fused-ring (bicyclic) bond motifs is 1. The first kappa shape index (κ1) is 20.8. The van der Waals surface area contributed by atoms with Crippen LogP contribution in [0.1, 0.15) is 24.2 Å². The van der Waals surface area contributed by atoms with Crippen molar-refractivity contribution >= 4 is 34.9 Å². The van der Waals surface area contributed by atoms with Crippen LogP contribution in [0, 0.1) is 0 Å². The van der Waals surface area contributed by atoms with Gasteiger partial charge in [-0.2, -0.15) is 0 Å². The van der Waals surface area contributed by atoms with Gasteiger partial charge >= 0.3 is 5.97 Å². The summed E-state index contributed by atoms with van der Waals surface area (Å²) in [5.41, 5.74) is 0.741. The number of carbonyl (C=O) groups is 4. The van der Waals surface area contributed by atoms with Crippen molar-refractivity contribution in [2.75, 3.05) is 23.8 Å². The van der Waals surface area contributed by atoms with E-state index in [1.807, 2.05) is 0 Å². The van der Waals surface area contributed by atoms with Crippen molar-refractivity contribution in [1.82, 2.24) is 0 Å². The molecule has 30 heavy (non-hydrogen) atoms. The molecule has 0 fully saturated rings. The predicted octanol–water partition coefficient (Wildman–Crippen LogP) is 2.17. The number of carbonyl (C=O) groups excluding carboxylic acids is 4. The highest BCUT2D eigenvalue weighted by atomic mass is 16.6. The van der Waals surface area contributed by atoms with Crippen molar-refractivity contribution in [2.24, 2.45) is 0 Å². The number of nitrogens with one attached hydrogen (secondary N) is 2. The minimum absolute atomic E-state index is 0.0351. The van der Waals surface area contributed by atoms with Gasteiger partial charge in [0.1, 0.15) is 6.61 Å². The van der Waals surface area contributed by atoms with Gasteiger partial charge in [-0.05, 0) is 30.3 Å². The number of esters is 1. The van der Waals surface area contributed by atoms with E-state index in [-0.39, 0.29) is 23.8 Å². The Bertz CT molecular complexity index is 1000. The fourth-order valence-corrected chi connectivity index (χ4v) is 2.80. The lowest BCUT2D eigenvalue weighted by Gasteiger charge is -2.24. The average molecular weight is 412 g/mol. The molecule has 1 heterocycles. The molecule has 0 aliphatic carbocycles. The second-order valence-corrected chi connectivity index (χ2v) is 6.52. The molecule has 0 spiro atoms. The zero-order valence-electron chi connectivity index (χ0n) is 16.4. The summed E-state index contributed by atoms with van der Waals surface area (Å²) in [6, 6.07) is 11.3. The summed E-state index contributed by atoms with van der Waals surface area (Å²) >= 11 is 0. The fraction of sp³-hybridized carbons (Fsp3) is 0.238. The third-order valence-corrected chi connectivity index (χ3v) is 4.07. The normalized spacial score (nSPS) is 14.4. The molecule has 0 saturated carbocycles. The second-order valence-electron chi connectivity index (χ2n) is 6.52. The molecule has 2 amide bonds. The lowest BCUT2D eigenvalue weighted by atomic mass is 10.1. The number of hydrogen-bond donors (Lipinski definition) is 2. The van der Waals surface area contributed by atoms with E-state index in [1.54, 1.807) is 24.3 Å². The Kier molecular flexibility index (Phi) is 6.31. The Labute approximate surface area is 172 Å². The van der Waals surface area contributed by atoms with E-state index in [0.717, 1.165) is 0 Å². The summed E-state index contributed by atoms with van der Waals surface area (Å²) in [5.74, 6) is -1.02. The molecule has 0 saturated heterocycles. The Balaban J connectivity index is 1.66. The van der Waals surface area contributed by atoms with Crippen molar-refractivity contribution < 1.29 is 33.4 Å². The topological polar surface area (TPSA) is 120 Å². The van der Waals surface area contributed by atoms with E-state index in [1.165, 1.54) is 32.0 Å². The molecule has 1 aliphatic heterocycles. The van der Waals surface area contributed by atoms with E-state index in [2.05, 4.69) is 10.6 Å². The molecule has 0 aromatic heterocycles. The maximum atomic E-state index is 12.6. The van der Waals surface area contributed by atoms with Gasteiger partial charge in [0.2, 0.25) is 23.7 Å². The van der Waals surface area contributed by atoms with Gasteiger partial charge in [0.15, 0.2) is 18.1 Å². The molecule has 2 N–H and O–H groups in total. The van der Waals surface area contributed by atoms with Crippen LogP contribution < -0.4 is 20.1 Å². The van der Waals surface area contributed by atoms with Gasteiger partial charge in [0, 0.05) is 25.1 Å². The van der Waals surface area contributed by atoms with Crippen molar-refractivity contribution in [2.45, 2.75) is 20.0 Å². The molecule has 0 unspecified atom stereocenters. The van der Waals surface area contributed by atoms with Crippen LogP contribution in [0.15, 0.2) is 42.5 Å². The smallest absolute Gasteiger partial charge is 0.351 e.